The minimum absolute atomic E-state index is 0.0825. The average Bonchev–Trinajstić information content (AvgIpc) is 3.12. The number of ether oxygens (including phenoxy) is 1. The number of aromatic amines is 1. The predicted octanol–water partition coefficient (Wildman–Crippen LogP) is 4.67. The second-order valence-corrected chi connectivity index (χ2v) is 7.05. The van der Waals surface area contributed by atoms with Crippen molar-refractivity contribution in [2.75, 3.05) is 20.2 Å². The molecular formula is C23H24N2O2. The Balaban J connectivity index is 1.52. The van der Waals surface area contributed by atoms with Gasteiger partial charge in [-0.1, -0.05) is 24.3 Å². The number of fused-ring (bicyclic) bond motifs is 1. The van der Waals surface area contributed by atoms with Crippen molar-refractivity contribution in [2.45, 2.75) is 19.9 Å². The first-order valence-electron chi connectivity index (χ1n) is 9.31. The monoisotopic (exact) mass is 360 g/mol. The Bertz CT molecular complexity index is 1020. The highest BCUT2D eigenvalue weighted by molar-refractivity contribution is 5.94. The van der Waals surface area contributed by atoms with Gasteiger partial charge >= 0.3 is 0 Å². The molecule has 0 atom stereocenters. The molecule has 1 aliphatic rings. The Hall–Kier alpha value is -2.85. The molecule has 0 radical (unpaired) electrons. The Labute approximate surface area is 159 Å². The summed E-state index contributed by atoms with van der Waals surface area (Å²) in [5.74, 6) is 0.922. The number of carbonyl (C=O) groups excluding carboxylic acids is 1. The van der Waals surface area contributed by atoms with Gasteiger partial charge in [-0.25, -0.2) is 0 Å². The third-order valence-corrected chi connectivity index (χ3v) is 5.31. The molecule has 4 nitrogen and oxygen atoms in total. The van der Waals surface area contributed by atoms with Crippen LogP contribution in [0.5, 0.6) is 5.75 Å². The van der Waals surface area contributed by atoms with Crippen molar-refractivity contribution in [3.05, 3.63) is 71.4 Å². The van der Waals surface area contributed by atoms with Crippen LogP contribution in [-0.2, 0) is 6.54 Å². The summed E-state index contributed by atoms with van der Waals surface area (Å²) in [6, 6.07) is 14.1. The van der Waals surface area contributed by atoms with Gasteiger partial charge in [-0.2, -0.15) is 0 Å². The lowest BCUT2D eigenvalue weighted by molar-refractivity contribution is 0.101. The summed E-state index contributed by atoms with van der Waals surface area (Å²) in [6.07, 6.45) is 5.45. The molecule has 0 spiro atoms. The molecule has 0 aliphatic carbocycles. The fourth-order valence-corrected chi connectivity index (χ4v) is 3.80. The maximum absolute atomic E-state index is 11.7. The molecule has 0 bridgehead atoms. The number of H-pyrrole nitrogens is 1. The topological polar surface area (TPSA) is 45.3 Å². The van der Waals surface area contributed by atoms with Crippen LogP contribution in [0.15, 0.2) is 54.7 Å². The second-order valence-electron chi connectivity index (χ2n) is 7.05. The summed E-state index contributed by atoms with van der Waals surface area (Å²) in [5, 5.41) is 1.29. The first-order valence-corrected chi connectivity index (χ1v) is 9.31. The smallest absolute Gasteiger partial charge is 0.159 e. The first-order chi connectivity index (χ1) is 13.2. The van der Waals surface area contributed by atoms with Crippen molar-refractivity contribution in [1.82, 2.24) is 9.88 Å². The largest absolute Gasteiger partial charge is 0.496 e. The molecule has 3 aromatic rings. The number of nitrogens with zero attached hydrogens (tertiary/aromatic N) is 1. The zero-order valence-corrected chi connectivity index (χ0v) is 15.8. The van der Waals surface area contributed by atoms with Gasteiger partial charge in [0.15, 0.2) is 5.78 Å². The molecule has 2 heterocycles. The Kier molecular flexibility index (Phi) is 4.82. The standard InChI is InChI=1S/C23H24N2O2/c1-16(26)18-7-8-23(27-2)19(13-18)15-25-11-9-17(10-12-25)21-14-24-22-6-4-3-5-20(21)22/h3-9,13-14,24H,10-12,15H2,1-2H3. The van der Waals surface area contributed by atoms with E-state index in [-0.39, 0.29) is 5.78 Å². The van der Waals surface area contributed by atoms with Crippen LogP contribution in [0.3, 0.4) is 0 Å². The number of para-hydroxylation sites is 1. The highest BCUT2D eigenvalue weighted by atomic mass is 16.5. The lowest BCUT2D eigenvalue weighted by Gasteiger charge is -2.27. The second kappa shape index (κ2) is 7.41. The van der Waals surface area contributed by atoms with Crippen molar-refractivity contribution in [3.63, 3.8) is 0 Å². The number of aromatic nitrogens is 1. The zero-order valence-electron chi connectivity index (χ0n) is 15.8. The van der Waals surface area contributed by atoms with E-state index >= 15 is 0 Å². The number of rotatable bonds is 5. The molecule has 0 saturated heterocycles. The lowest BCUT2D eigenvalue weighted by Crippen LogP contribution is -2.28. The number of ketones is 1. The van der Waals surface area contributed by atoms with Gasteiger partial charge in [0.2, 0.25) is 0 Å². The molecule has 27 heavy (non-hydrogen) atoms. The lowest BCUT2D eigenvalue weighted by atomic mass is 9.98. The van der Waals surface area contributed by atoms with Crippen LogP contribution in [0, 0.1) is 0 Å². The van der Waals surface area contributed by atoms with Crippen LogP contribution < -0.4 is 4.74 Å². The van der Waals surface area contributed by atoms with Gasteiger partial charge < -0.3 is 9.72 Å². The molecule has 1 aliphatic heterocycles. The van der Waals surface area contributed by atoms with E-state index in [9.17, 15) is 4.79 Å². The van der Waals surface area contributed by atoms with E-state index in [1.54, 1.807) is 14.0 Å². The minimum Gasteiger partial charge on any atom is -0.496 e. The van der Waals surface area contributed by atoms with E-state index in [0.29, 0.717) is 0 Å². The van der Waals surface area contributed by atoms with Crippen LogP contribution in [-0.4, -0.2) is 35.9 Å². The SMILES string of the molecule is COc1ccc(C(C)=O)cc1CN1CC=C(c2c[nH]c3ccccc23)CC1. The highest BCUT2D eigenvalue weighted by Crippen LogP contribution is 2.30. The highest BCUT2D eigenvalue weighted by Gasteiger charge is 2.17. The zero-order chi connectivity index (χ0) is 18.8. The van der Waals surface area contributed by atoms with Gasteiger partial charge in [0.05, 0.1) is 7.11 Å². The van der Waals surface area contributed by atoms with Crippen molar-refractivity contribution >= 4 is 22.3 Å². The van der Waals surface area contributed by atoms with Gasteiger partial charge in [0, 0.05) is 53.4 Å². The van der Waals surface area contributed by atoms with Crippen molar-refractivity contribution in [2.24, 2.45) is 0 Å². The van der Waals surface area contributed by atoms with Crippen molar-refractivity contribution in [3.8, 4) is 5.75 Å². The normalized spacial score (nSPS) is 15.0. The quantitative estimate of drug-likeness (QED) is 0.673. The number of carbonyl (C=O) groups is 1. The van der Waals surface area contributed by atoms with Crippen LogP contribution >= 0.6 is 0 Å². The van der Waals surface area contributed by atoms with E-state index in [1.165, 1.54) is 22.0 Å². The van der Waals surface area contributed by atoms with Crippen LogP contribution in [0.4, 0.5) is 0 Å². The van der Waals surface area contributed by atoms with Gasteiger partial charge in [-0.3, -0.25) is 9.69 Å². The van der Waals surface area contributed by atoms with Gasteiger partial charge in [0.25, 0.3) is 0 Å². The molecule has 1 N–H and O–H groups in total. The fourth-order valence-electron chi connectivity index (χ4n) is 3.80. The van der Waals surface area contributed by atoms with Crippen LogP contribution in [0.25, 0.3) is 16.5 Å². The molecule has 2 aromatic carbocycles. The third kappa shape index (κ3) is 3.53. The molecule has 4 rings (SSSR count). The molecule has 1 aromatic heterocycles. The number of hydrogen-bond acceptors (Lipinski definition) is 3. The molecule has 138 valence electrons. The minimum atomic E-state index is 0.0825. The van der Waals surface area contributed by atoms with Gasteiger partial charge in [0.1, 0.15) is 5.75 Å². The number of benzene rings is 2. The number of hydrogen-bond donors (Lipinski definition) is 1. The molecular weight excluding hydrogens is 336 g/mol. The van der Waals surface area contributed by atoms with E-state index in [2.05, 4.69) is 46.4 Å². The average molecular weight is 360 g/mol. The maximum Gasteiger partial charge on any atom is 0.159 e. The number of Topliss-reactive ketones (excluding diaryl/α,β-unsaturated/α-hetero) is 1. The molecule has 0 unspecified atom stereocenters. The van der Waals surface area contributed by atoms with E-state index in [0.717, 1.165) is 42.9 Å². The van der Waals surface area contributed by atoms with Gasteiger partial charge in [-0.15, -0.1) is 0 Å². The summed E-state index contributed by atoms with van der Waals surface area (Å²) < 4.78 is 5.49. The summed E-state index contributed by atoms with van der Waals surface area (Å²) in [5.41, 5.74) is 5.68. The Morgan fingerprint density at radius 3 is 2.81 bits per heavy atom. The van der Waals surface area contributed by atoms with E-state index < -0.39 is 0 Å². The van der Waals surface area contributed by atoms with Crippen molar-refractivity contribution in [1.29, 1.82) is 0 Å². The van der Waals surface area contributed by atoms with E-state index in [1.807, 2.05) is 18.2 Å². The first kappa shape index (κ1) is 17.6. The molecule has 0 fully saturated rings. The van der Waals surface area contributed by atoms with Gasteiger partial charge in [-0.05, 0) is 43.2 Å². The number of nitrogens with one attached hydrogen (secondary N) is 1. The molecule has 0 amide bonds. The summed E-state index contributed by atoms with van der Waals surface area (Å²) in [6.45, 7) is 4.26. The predicted molar refractivity (Wildman–Crippen MR) is 109 cm³/mol. The van der Waals surface area contributed by atoms with Crippen LogP contribution in [0.2, 0.25) is 0 Å². The number of methoxy groups -OCH3 is 1. The summed E-state index contributed by atoms with van der Waals surface area (Å²) in [4.78, 5) is 17.5. The Morgan fingerprint density at radius 1 is 1.22 bits per heavy atom. The summed E-state index contributed by atoms with van der Waals surface area (Å²) >= 11 is 0. The maximum atomic E-state index is 11.7. The van der Waals surface area contributed by atoms with E-state index in [4.69, 9.17) is 4.74 Å². The third-order valence-electron chi connectivity index (χ3n) is 5.31. The molecule has 4 heteroatoms. The van der Waals surface area contributed by atoms with Crippen LogP contribution in [0.1, 0.15) is 34.8 Å². The summed E-state index contributed by atoms with van der Waals surface area (Å²) in [7, 11) is 1.68. The fraction of sp³-hybridized carbons (Fsp3) is 0.261. The van der Waals surface area contributed by atoms with Crippen molar-refractivity contribution < 1.29 is 9.53 Å². The Morgan fingerprint density at radius 2 is 2.07 bits per heavy atom. The molecule has 0 saturated carbocycles.